The lowest BCUT2D eigenvalue weighted by Gasteiger charge is -2.25. The third-order valence-corrected chi connectivity index (χ3v) is 6.86. The molecule has 2 unspecified atom stereocenters. The van der Waals surface area contributed by atoms with Gasteiger partial charge in [-0.15, -0.1) is 0 Å². The molecule has 1 aliphatic rings. The number of hydrogen-bond donors (Lipinski definition) is 1. The van der Waals surface area contributed by atoms with Crippen molar-refractivity contribution in [2.45, 2.75) is 31.7 Å². The second-order valence-electron chi connectivity index (χ2n) is 9.45. The van der Waals surface area contributed by atoms with Crippen LogP contribution < -0.4 is 5.56 Å². The molecule has 39 heavy (non-hydrogen) atoms. The molecular formula is C27H25F3N6O3. The average molecular weight is 539 g/mol. The minimum absolute atomic E-state index is 0.0607. The number of aromatic nitrogens is 5. The molecule has 12 heteroatoms. The van der Waals surface area contributed by atoms with E-state index in [1.807, 2.05) is 0 Å². The Hall–Kier alpha value is -4.48. The van der Waals surface area contributed by atoms with Gasteiger partial charge in [-0.25, -0.2) is 13.2 Å². The molecule has 0 saturated carbocycles. The van der Waals surface area contributed by atoms with Crippen molar-refractivity contribution in [1.82, 2.24) is 29.2 Å². The van der Waals surface area contributed by atoms with E-state index in [4.69, 9.17) is 0 Å². The summed E-state index contributed by atoms with van der Waals surface area (Å²) in [5.41, 5.74) is -0.669. The molecule has 1 amide bonds. The number of aromatic hydroxyl groups is 1. The fourth-order valence-electron chi connectivity index (χ4n) is 5.04. The summed E-state index contributed by atoms with van der Waals surface area (Å²) in [6.07, 6.45) is 3.66. The van der Waals surface area contributed by atoms with Crippen LogP contribution in [0.3, 0.4) is 0 Å². The quantitative estimate of drug-likeness (QED) is 0.401. The van der Waals surface area contributed by atoms with Crippen LogP contribution in [0.2, 0.25) is 0 Å². The molecule has 0 bridgehead atoms. The normalized spacial score (nSPS) is 16.0. The van der Waals surface area contributed by atoms with Crippen LogP contribution in [0, 0.1) is 17.5 Å². The molecular weight excluding hydrogens is 513 g/mol. The van der Waals surface area contributed by atoms with Crippen molar-refractivity contribution in [1.29, 1.82) is 0 Å². The van der Waals surface area contributed by atoms with Crippen molar-refractivity contribution in [2.75, 3.05) is 13.1 Å². The third-order valence-electron chi connectivity index (χ3n) is 6.86. The van der Waals surface area contributed by atoms with Gasteiger partial charge in [-0.05, 0) is 48.7 Å². The van der Waals surface area contributed by atoms with Gasteiger partial charge in [-0.2, -0.15) is 10.1 Å². The molecule has 1 fully saturated rings. The van der Waals surface area contributed by atoms with Gasteiger partial charge < -0.3 is 10.0 Å². The van der Waals surface area contributed by atoms with E-state index in [1.54, 1.807) is 26.2 Å². The van der Waals surface area contributed by atoms with Crippen molar-refractivity contribution in [3.05, 3.63) is 93.4 Å². The Balaban J connectivity index is 1.61. The van der Waals surface area contributed by atoms with Crippen LogP contribution in [0.25, 0.3) is 11.5 Å². The van der Waals surface area contributed by atoms with Crippen LogP contribution >= 0.6 is 0 Å². The molecule has 2 atom stereocenters. The van der Waals surface area contributed by atoms with Crippen molar-refractivity contribution >= 4 is 5.91 Å². The van der Waals surface area contributed by atoms with E-state index >= 15 is 0 Å². The van der Waals surface area contributed by atoms with Crippen molar-refractivity contribution < 1.29 is 23.1 Å². The molecule has 0 aliphatic carbocycles. The number of carbonyl (C=O) groups excluding carboxylic acids is 1. The third kappa shape index (κ3) is 5.01. The lowest BCUT2D eigenvalue weighted by atomic mass is 10.0. The maximum absolute atomic E-state index is 14.2. The number of amides is 1. The SMILES string of the molecule is CCC(c1cc(F)cc(F)c1)n1c(-c2ccn(C)n2)nc(=O)c(C(=O)N2CCC(c3cc(F)ccn3)C2)c1O. The number of benzene rings is 1. The Morgan fingerprint density at radius 1 is 1.13 bits per heavy atom. The smallest absolute Gasteiger partial charge is 0.290 e. The summed E-state index contributed by atoms with van der Waals surface area (Å²) in [5, 5.41) is 15.7. The van der Waals surface area contributed by atoms with Gasteiger partial charge in [0.05, 0.1) is 6.04 Å². The van der Waals surface area contributed by atoms with Crippen LogP contribution in [0.15, 0.2) is 53.6 Å². The lowest BCUT2D eigenvalue weighted by molar-refractivity contribution is 0.0783. The van der Waals surface area contributed by atoms with Gasteiger partial charge in [-0.3, -0.25) is 23.8 Å². The number of carbonyl (C=O) groups is 1. The Morgan fingerprint density at radius 3 is 2.51 bits per heavy atom. The van der Waals surface area contributed by atoms with Gasteiger partial charge in [0, 0.05) is 50.2 Å². The van der Waals surface area contributed by atoms with Crippen LogP contribution in [0.1, 0.15) is 53.3 Å². The molecule has 0 radical (unpaired) electrons. The molecule has 202 valence electrons. The standard InChI is InChI=1S/C27H25F3N6O3/c1-3-22(16-10-18(29)12-19(30)11-16)36-24(20-6-8-34(2)33-20)32-25(37)23(27(36)39)26(38)35-9-5-15(14-35)21-13-17(28)4-7-31-21/h4,6-8,10-13,15,22,39H,3,5,9,14H2,1-2H3. The molecule has 9 nitrogen and oxygen atoms in total. The number of hydrogen-bond acceptors (Lipinski definition) is 6. The number of rotatable bonds is 6. The Bertz CT molecular complexity index is 1600. The van der Waals surface area contributed by atoms with E-state index in [0.717, 1.165) is 18.2 Å². The van der Waals surface area contributed by atoms with E-state index in [-0.39, 0.29) is 42.5 Å². The monoisotopic (exact) mass is 538 g/mol. The summed E-state index contributed by atoms with van der Waals surface area (Å²) in [5.74, 6) is -3.85. The van der Waals surface area contributed by atoms with Gasteiger partial charge in [0.25, 0.3) is 11.5 Å². The van der Waals surface area contributed by atoms with Crippen molar-refractivity contribution in [3.63, 3.8) is 0 Å². The number of pyridine rings is 1. The minimum Gasteiger partial charge on any atom is -0.494 e. The highest BCUT2D eigenvalue weighted by Gasteiger charge is 2.35. The Labute approximate surface area is 221 Å². The Morgan fingerprint density at radius 2 is 1.87 bits per heavy atom. The highest BCUT2D eigenvalue weighted by Crippen LogP contribution is 2.34. The molecule has 0 spiro atoms. The maximum atomic E-state index is 14.2. The molecule has 4 heterocycles. The van der Waals surface area contributed by atoms with Gasteiger partial charge in [-0.1, -0.05) is 6.92 Å². The first-order chi connectivity index (χ1) is 18.7. The predicted molar refractivity (Wildman–Crippen MR) is 135 cm³/mol. The maximum Gasteiger partial charge on any atom is 0.290 e. The number of aryl methyl sites for hydroxylation is 1. The van der Waals surface area contributed by atoms with E-state index in [9.17, 15) is 27.9 Å². The highest BCUT2D eigenvalue weighted by atomic mass is 19.1. The van der Waals surface area contributed by atoms with Gasteiger partial charge in [0.2, 0.25) is 5.88 Å². The summed E-state index contributed by atoms with van der Waals surface area (Å²) in [6, 6.07) is 6.17. The molecule has 1 aliphatic heterocycles. The van der Waals surface area contributed by atoms with Crippen LogP contribution in [-0.4, -0.2) is 53.3 Å². The molecule has 1 saturated heterocycles. The van der Waals surface area contributed by atoms with Gasteiger partial charge >= 0.3 is 0 Å². The molecule has 3 aromatic heterocycles. The van der Waals surface area contributed by atoms with Crippen LogP contribution in [0.4, 0.5) is 13.2 Å². The first-order valence-electron chi connectivity index (χ1n) is 12.4. The zero-order chi connectivity index (χ0) is 27.8. The zero-order valence-electron chi connectivity index (χ0n) is 21.2. The fraction of sp³-hybridized carbons (Fsp3) is 0.296. The second kappa shape index (κ2) is 10.4. The predicted octanol–water partition coefficient (Wildman–Crippen LogP) is 3.79. The van der Waals surface area contributed by atoms with Crippen molar-refractivity contribution in [2.24, 2.45) is 7.05 Å². The van der Waals surface area contributed by atoms with Crippen LogP contribution in [-0.2, 0) is 7.05 Å². The largest absolute Gasteiger partial charge is 0.494 e. The number of nitrogens with zero attached hydrogens (tertiary/aromatic N) is 6. The van der Waals surface area contributed by atoms with E-state index < -0.39 is 46.4 Å². The Kier molecular flexibility index (Phi) is 6.94. The summed E-state index contributed by atoms with van der Waals surface area (Å²) in [4.78, 5) is 36.4. The number of halogens is 3. The molecule has 1 aromatic carbocycles. The summed E-state index contributed by atoms with van der Waals surface area (Å²) in [6.45, 7) is 2.13. The van der Waals surface area contributed by atoms with Crippen molar-refractivity contribution in [3.8, 4) is 17.4 Å². The van der Waals surface area contributed by atoms with Gasteiger partial charge in [0.1, 0.15) is 23.1 Å². The summed E-state index contributed by atoms with van der Waals surface area (Å²) < 4.78 is 44.7. The molecule has 1 N–H and O–H groups in total. The minimum atomic E-state index is -0.970. The summed E-state index contributed by atoms with van der Waals surface area (Å²) >= 11 is 0. The lowest BCUT2D eigenvalue weighted by Crippen LogP contribution is -2.35. The highest BCUT2D eigenvalue weighted by molar-refractivity contribution is 5.96. The first kappa shape index (κ1) is 26.1. The summed E-state index contributed by atoms with van der Waals surface area (Å²) in [7, 11) is 1.65. The van der Waals surface area contributed by atoms with Crippen LogP contribution in [0.5, 0.6) is 5.88 Å². The van der Waals surface area contributed by atoms with Gasteiger partial charge in [0.15, 0.2) is 11.4 Å². The van der Waals surface area contributed by atoms with E-state index in [0.29, 0.717) is 12.1 Å². The molecule has 4 aromatic rings. The number of likely N-dealkylation sites (tertiary alicyclic amines) is 1. The topological polar surface area (TPSA) is 106 Å². The first-order valence-corrected chi connectivity index (χ1v) is 12.4. The zero-order valence-corrected chi connectivity index (χ0v) is 21.2. The fourth-order valence-corrected chi connectivity index (χ4v) is 5.04. The van der Waals surface area contributed by atoms with E-state index in [2.05, 4.69) is 15.1 Å². The molecule has 5 rings (SSSR count). The van der Waals surface area contributed by atoms with E-state index in [1.165, 1.54) is 32.5 Å². The average Bonchev–Trinajstić information content (AvgIpc) is 3.55. The second-order valence-corrected chi connectivity index (χ2v) is 9.45.